The van der Waals surface area contributed by atoms with Crippen LogP contribution in [-0.4, -0.2) is 24.8 Å². The van der Waals surface area contributed by atoms with Gasteiger partial charge in [0.25, 0.3) is 0 Å². The minimum atomic E-state index is -0.299. The lowest BCUT2D eigenvalue weighted by Gasteiger charge is -2.29. The van der Waals surface area contributed by atoms with Crippen molar-refractivity contribution in [3.63, 3.8) is 0 Å². The van der Waals surface area contributed by atoms with Gasteiger partial charge in [0.05, 0.1) is 25.5 Å². The van der Waals surface area contributed by atoms with Gasteiger partial charge in [-0.15, -0.1) is 0 Å². The zero-order chi connectivity index (χ0) is 25.4. The van der Waals surface area contributed by atoms with Crippen molar-refractivity contribution in [1.29, 1.82) is 0 Å². The van der Waals surface area contributed by atoms with Gasteiger partial charge in [-0.1, -0.05) is 84.6 Å². The van der Waals surface area contributed by atoms with Crippen molar-refractivity contribution in [2.24, 2.45) is 11.8 Å². The minimum absolute atomic E-state index is 0.299. The van der Waals surface area contributed by atoms with E-state index in [1.807, 2.05) is 18.3 Å². The molecule has 4 nitrogen and oxygen atoms in total. The van der Waals surface area contributed by atoms with Crippen LogP contribution in [0.25, 0.3) is 11.3 Å². The number of hydrogen-bond donors (Lipinski definition) is 0. The monoisotopic (exact) mass is 495 g/mol. The minimum Gasteiger partial charge on any atom is -0.494 e. The molecule has 0 amide bonds. The second-order valence-electron chi connectivity index (χ2n) is 10.6. The Morgan fingerprint density at radius 2 is 1.56 bits per heavy atom. The molecule has 0 spiro atoms. The Bertz CT molecular complexity index is 812. The molecule has 1 unspecified atom stereocenters. The number of benzene rings is 1. The van der Waals surface area contributed by atoms with Gasteiger partial charge in [-0.2, -0.15) is 0 Å². The molecule has 1 aliphatic heterocycles. The zero-order valence-electron chi connectivity index (χ0n) is 23.1. The van der Waals surface area contributed by atoms with Gasteiger partial charge in [-0.3, -0.25) is 4.98 Å². The number of aromatic nitrogens is 1. The lowest BCUT2D eigenvalue weighted by molar-refractivity contribution is -0.206. The van der Waals surface area contributed by atoms with Crippen LogP contribution in [0.2, 0.25) is 0 Å². The smallest absolute Gasteiger partial charge is 0.185 e. The Balaban J connectivity index is 1.34. The maximum atomic E-state index is 6.05. The van der Waals surface area contributed by atoms with Crippen LogP contribution in [0.3, 0.4) is 0 Å². The molecule has 36 heavy (non-hydrogen) atoms. The van der Waals surface area contributed by atoms with Gasteiger partial charge in [0.15, 0.2) is 6.29 Å². The van der Waals surface area contributed by atoms with Crippen LogP contribution in [0.5, 0.6) is 5.75 Å². The van der Waals surface area contributed by atoms with E-state index in [-0.39, 0.29) is 6.29 Å². The van der Waals surface area contributed by atoms with E-state index in [1.54, 1.807) is 0 Å². The summed E-state index contributed by atoms with van der Waals surface area (Å²) in [5.74, 6) is 2.21. The number of nitrogens with zero attached hydrogens (tertiary/aromatic N) is 1. The molecule has 1 aliphatic rings. The lowest BCUT2D eigenvalue weighted by Crippen LogP contribution is -2.27. The molecule has 1 saturated heterocycles. The number of unbranched alkanes of at least 4 members (excludes halogenated alkanes) is 7. The second kappa shape index (κ2) is 16.8. The van der Waals surface area contributed by atoms with E-state index < -0.39 is 0 Å². The van der Waals surface area contributed by atoms with Gasteiger partial charge < -0.3 is 14.2 Å². The van der Waals surface area contributed by atoms with Gasteiger partial charge in [-0.05, 0) is 55.5 Å². The van der Waals surface area contributed by atoms with E-state index in [4.69, 9.17) is 14.2 Å². The fourth-order valence-electron chi connectivity index (χ4n) is 4.73. The Labute approximate surface area is 220 Å². The quantitative estimate of drug-likeness (QED) is 0.205. The molecular formula is C32H49NO3. The predicted octanol–water partition coefficient (Wildman–Crippen LogP) is 9.15. The van der Waals surface area contributed by atoms with Gasteiger partial charge in [0.2, 0.25) is 0 Å². The highest BCUT2D eigenvalue weighted by Crippen LogP contribution is 2.29. The van der Waals surface area contributed by atoms with E-state index in [0.717, 1.165) is 54.7 Å². The third-order valence-corrected chi connectivity index (χ3v) is 7.45. The molecule has 0 radical (unpaired) electrons. The summed E-state index contributed by atoms with van der Waals surface area (Å²) in [5.41, 5.74) is 3.03. The number of hydrogen-bond acceptors (Lipinski definition) is 4. The molecule has 1 aromatic heterocycles. The topological polar surface area (TPSA) is 40.6 Å². The molecule has 0 aliphatic carbocycles. The maximum absolute atomic E-state index is 6.05. The largest absolute Gasteiger partial charge is 0.494 e. The zero-order valence-corrected chi connectivity index (χ0v) is 23.1. The Kier molecular flexibility index (Phi) is 13.3. The van der Waals surface area contributed by atoms with Crippen LogP contribution in [0.15, 0.2) is 42.6 Å². The molecular weight excluding hydrogens is 446 g/mol. The highest BCUT2D eigenvalue weighted by Gasteiger charge is 2.23. The molecule has 1 aromatic carbocycles. The first-order chi connectivity index (χ1) is 17.7. The SMILES string of the molecule is CCCCCCCCCCC1COC(c2ccc(-c3ccc(OCCCC(C)CC)cc3)nc2)OC1. The molecule has 2 aromatic rings. The average Bonchev–Trinajstić information content (AvgIpc) is 2.93. The van der Waals surface area contributed by atoms with Crippen LogP contribution in [0.1, 0.15) is 110 Å². The van der Waals surface area contributed by atoms with Gasteiger partial charge in [-0.25, -0.2) is 0 Å². The highest BCUT2D eigenvalue weighted by atomic mass is 16.7. The van der Waals surface area contributed by atoms with Gasteiger partial charge >= 0.3 is 0 Å². The third-order valence-electron chi connectivity index (χ3n) is 7.45. The van der Waals surface area contributed by atoms with Crippen LogP contribution in [0, 0.1) is 11.8 Å². The summed E-state index contributed by atoms with van der Waals surface area (Å²) in [6.07, 6.45) is 17.2. The summed E-state index contributed by atoms with van der Waals surface area (Å²) in [4.78, 5) is 4.67. The Hall–Kier alpha value is -1.91. The van der Waals surface area contributed by atoms with Crippen molar-refractivity contribution in [1.82, 2.24) is 4.98 Å². The first-order valence-electron chi connectivity index (χ1n) is 14.6. The first-order valence-corrected chi connectivity index (χ1v) is 14.6. The molecule has 4 heteroatoms. The van der Waals surface area contributed by atoms with Crippen LogP contribution in [0.4, 0.5) is 0 Å². The molecule has 1 fully saturated rings. The van der Waals surface area contributed by atoms with Crippen molar-refractivity contribution in [2.75, 3.05) is 19.8 Å². The van der Waals surface area contributed by atoms with Crippen molar-refractivity contribution in [2.45, 2.75) is 104 Å². The van der Waals surface area contributed by atoms with Crippen molar-refractivity contribution < 1.29 is 14.2 Å². The van der Waals surface area contributed by atoms with Gasteiger partial charge in [0, 0.05) is 23.2 Å². The van der Waals surface area contributed by atoms with Crippen LogP contribution >= 0.6 is 0 Å². The molecule has 200 valence electrons. The second-order valence-corrected chi connectivity index (χ2v) is 10.6. The van der Waals surface area contributed by atoms with Crippen LogP contribution in [-0.2, 0) is 9.47 Å². The summed E-state index contributed by atoms with van der Waals surface area (Å²) in [7, 11) is 0. The van der Waals surface area contributed by atoms with E-state index in [9.17, 15) is 0 Å². The average molecular weight is 496 g/mol. The maximum Gasteiger partial charge on any atom is 0.185 e. The van der Waals surface area contributed by atoms with E-state index in [0.29, 0.717) is 5.92 Å². The summed E-state index contributed by atoms with van der Waals surface area (Å²) < 4.78 is 18.0. The molecule has 0 saturated carbocycles. The van der Waals surface area contributed by atoms with Crippen molar-refractivity contribution >= 4 is 0 Å². The number of rotatable bonds is 17. The van der Waals surface area contributed by atoms with E-state index in [2.05, 4.69) is 50.0 Å². The Morgan fingerprint density at radius 3 is 2.19 bits per heavy atom. The van der Waals surface area contributed by atoms with Crippen LogP contribution < -0.4 is 4.74 Å². The first kappa shape index (κ1) is 28.7. The fourth-order valence-corrected chi connectivity index (χ4v) is 4.73. The van der Waals surface area contributed by atoms with Crippen molar-refractivity contribution in [3.8, 4) is 17.0 Å². The third kappa shape index (κ3) is 10.2. The highest BCUT2D eigenvalue weighted by molar-refractivity contribution is 5.60. The standard InChI is InChI=1S/C32H49NO3/c1-4-6-7-8-9-10-11-12-15-27-24-35-32(36-25-27)29-18-21-31(33-23-29)28-16-19-30(20-17-28)34-22-13-14-26(3)5-2/h16-21,23,26-27,32H,4-15,22,24-25H2,1-3H3. The molecule has 3 rings (SSSR count). The normalized spacial score (nSPS) is 18.8. The summed E-state index contributed by atoms with van der Waals surface area (Å²) in [5, 5.41) is 0. The predicted molar refractivity (Wildman–Crippen MR) is 149 cm³/mol. The molecule has 2 heterocycles. The number of pyridine rings is 1. The summed E-state index contributed by atoms with van der Waals surface area (Å²) in [6.45, 7) is 9.15. The Morgan fingerprint density at radius 1 is 0.861 bits per heavy atom. The molecule has 0 bridgehead atoms. The lowest BCUT2D eigenvalue weighted by atomic mass is 10.0. The number of ether oxygens (including phenoxy) is 3. The van der Waals surface area contributed by atoms with E-state index in [1.165, 1.54) is 70.6 Å². The van der Waals surface area contributed by atoms with Gasteiger partial charge in [0.1, 0.15) is 5.75 Å². The fraction of sp³-hybridized carbons (Fsp3) is 0.656. The summed E-state index contributed by atoms with van der Waals surface area (Å²) in [6, 6.07) is 12.4. The summed E-state index contributed by atoms with van der Waals surface area (Å²) >= 11 is 0. The van der Waals surface area contributed by atoms with E-state index >= 15 is 0 Å². The molecule has 1 atom stereocenters. The van der Waals surface area contributed by atoms with Crippen molar-refractivity contribution in [3.05, 3.63) is 48.2 Å². The molecule has 0 N–H and O–H groups in total.